The number of halogens is 1. The molecular weight excluding hydrogens is 292 g/mol. The number of Topliss-reactive ketones (excluding diaryl/α,β-unsaturated/α-hetero) is 1. The first-order valence-corrected chi connectivity index (χ1v) is 7.47. The second kappa shape index (κ2) is 7.41. The molecule has 5 nitrogen and oxygen atoms in total. The summed E-state index contributed by atoms with van der Waals surface area (Å²) in [5, 5.41) is 0. The molecule has 0 amide bonds. The van der Waals surface area contributed by atoms with Gasteiger partial charge in [0.2, 0.25) is 5.78 Å². The molecule has 0 spiro atoms. The second-order valence-corrected chi connectivity index (χ2v) is 5.97. The molecule has 1 aromatic heterocycles. The highest BCUT2D eigenvalue weighted by Crippen LogP contribution is 2.20. The van der Waals surface area contributed by atoms with E-state index in [4.69, 9.17) is 11.6 Å². The van der Waals surface area contributed by atoms with Crippen LogP contribution in [0.3, 0.4) is 0 Å². The number of ketones is 1. The average Bonchev–Trinajstić information content (AvgIpc) is 2.35. The molecule has 0 atom stereocenters. The number of allylic oxidation sites excluding steroid dienone is 2. The molecule has 0 fully saturated rings. The number of aromatic amines is 2. The molecule has 0 saturated carbocycles. The van der Waals surface area contributed by atoms with E-state index in [0.29, 0.717) is 17.6 Å². The third-order valence-corrected chi connectivity index (χ3v) is 3.18. The Balaban J connectivity index is 3.44. The zero-order valence-electron chi connectivity index (χ0n) is 12.7. The number of aromatic nitrogens is 2. The molecule has 0 saturated heterocycles. The van der Waals surface area contributed by atoms with Crippen molar-refractivity contribution in [3.63, 3.8) is 0 Å². The highest BCUT2D eigenvalue weighted by atomic mass is 35.5. The highest BCUT2D eigenvalue weighted by molar-refractivity contribution is 6.19. The molecule has 1 heterocycles. The van der Waals surface area contributed by atoms with Crippen molar-refractivity contribution in [2.24, 2.45) is 5.92 Å². The smallest absolute Gasteiger partial charge is 0.304 e. The van der Waals surface area contributed by atoms with E-state index in [-0.39, 0.29) is 29.2 Å². The highest BCUT2D eigenvalue weighted by Gasteiger charge is 2.22. The number of hydrogen-bond acceptors (Lipinski definition) is 3. The number of H-pyrrole nitrogens is 2. The predicted octanol–water partition coefficient (Wildman–Crippen LogP) is 2.58. The molecule has 6 heteroatoms. The summed E-state index contributed by atoms with van der Waals surface area (Å²) in [7, 11) is 0. The third kappa shape index (κ3) is 4.43. The molecule has 1 rings (SSSR count). The van der Waals surface area contributed by atoms with Gasteiger partial charge < -0.3 is 4.98 Å². The minimum Gasteiger partial charge on any atom is -0.304 e. The summed E-state index contributed by atoms with van der Waals surface area (Å²) in [6.45, 7) is 7.57. The topological polar surface area (TPSA) is 82.8 Å². The quantitative estimate of drug-likeness (QED) is 0.481. The second-order valence-electron chi connectivity index (χ2n) is 5.66. The Morgan fingerprint density at radius 2 is 1.81 bits per heavy atom. The van der Waals surface area contributed by atoms with Gasteiger partial charge in [-0.1, -0.05) is 33.8 Å². The fourth-order valence-corrected chi connectivity index (χ4v) is 2.37. The Kier molecular flexibility index (Phi) is 6.15. The van der Waals surface area contributed by atoms with Gasteiger partial charge in [0.15, 0.2) is 0 Å². The van der Waals surface area contributed by atoms with Crippen molar-refractivity contribution in [1.82, 2.24) is 9.97 Å². The molecular formula is C15H21ClN2O3. The Bertz CT molecular complexity index is 654. The van der Waals surface area contributed by atoms with Crippen LogP contribution in [0.1, 0.15) is 56.1 Å². The number of rotatable bonds is 6. The monoisotopic (exact) mass is 312 g/mol. The molecule has 0 bridgehead atoms. The molecule has 0 aliphatic carbocycles. The van der Waals surface area contributed by atoms with E-state index in [9.17, 15) is 14.4 Å². The lowest BCUT2D eigenvalue weighted by atomic mass is 9.93. The number of carbonyl (C=O) groups excluding carboxylic acids is 1. The molecule has 2 N–H and O–H groups in total. The molecule has 116 valence electrons. The Hall–Kier alpha value is -1.62. The van der Waals surface area contributed by atoms with E-state index >= 15 is 0 Å². The Morgan fingerprint density at radius 3 is 2.29 bits per heavy atom. The number of hydrogen-bond donors (Lipinski definition) is 2. The molecule has 0 aromatic carbocycles. The van der Waals surface area contributed by atoms with Crippen LogP contribution >= 0.6 is 11.6 Å². The summed E-state index contributed by atoms with van der Waals surface area (Å²) in [6.07, 6.45) is 2.17. The molecule has 0 aliphatic heterocycles. The van der Waals surface area contributed by atoms with Gasteiger partial charge in [0.1, 0.15) is 0 Å². The number of alkyl halides is 1. The van der Waals surface area contributed by atoms with Gasteiger partial charge in [-0.15, -0.1) is 11.6 Å². The van der Waals surface area contributed by atoms with Crippen LogP contribution in [-0.2, 0) is 0 Å². The maximum absolute atomic E-state index is 12.7. The number of carbonyl (C=O) groups is 1. The lowest BCUT2D eigenvalue weighted by molar-refractivity contribution is 0.102. The fourth-order valence-electron chi connectivity index (χ4n) is 2.19. The van der Waals surface area contributed by atoms with Crippen LogP contribution in [0, 0.1) is 5.92 Å². The first-order chi connectivity index (χ1) is 9.77. The van der Waals surface area contributed by atoms with Crippen LogP contribution in [0.4, 0.5) is 0 Å². The van der Waals surface area contributed by atoms with E-state index in [1.165, 1.54) is 0 Å². The minimum absolute atomic E-state index is 0.0655. The Morgan fingerprint density at radius 1 is 1.19 bits per heavy atom. The largest absolute Gasteiger partial charge is 0.326 e. The molecule has 21 heavy (non-hydrogen) atoms. The summed E-state index contributed by atoms with van der Waals surface area (Å²) < 4.78 is 0. The van der Waals surface area contributed by atoms with E-state index in [0.717, 1.165) is 0 Å². The predicted molar refractivity (Wildman–Crippen MR) is 84.4 cm³/mol. The Labute approximate surface area is 128 Å². The summed E-state index contributed by atoms with van der Waals surface area (Å²) in [6, 6.07) is 0. The van der Waals surface area contributed by atoms with Crippen molar-refractivity contribution in [2.45, 2.75) is 40.0 Å². The first-order valence-electron chi connectivity index (χ1n) is 6.94. The van der Waals surface area contributed by atoms with Crippen LogP contribution in [0.25, 0.3) is 0 Å². The van der Waals surface area contributed by atoms with Crippen LogP contribution in [-0.4, -0.2) is 21.6 Å². The minimum atomic E-state index is -0.678. The standard InChI is InChI=1S/C15H21ClN2O3/c1-8(2)7-10(5-6-16)13(19)12-11(9(3)4)14(20)18-15(21)17-12/h5,8-9H,6-7H2,1-4H3,(H2,17,18,20,21)/b10-5+. The average molecular weight is 313 g/mol. The van der Waals surface area contributed by atoms with Crippen molar-refractivity contribution < 1.29 is 4.79 Å². The maximum Gasteiger partial charge on any atom is 0.326 e. The molecule has 1 aromatic rings. The molecule has 0 aliphatic rings. The van der Waals surface area contributed by atoms with Crippen LogP contribution in [0.5, 0.6) is 0 Å². The van der Waals surface area contributed by atoms with Gasteiger partial charge in [-0.2, -0.15) is 0 Å². The fraction of sp³-hybridized carbons (Fsp3) is 0.533. The van der Waals surface area contributed by atoms with E-state index < -0.39 is 11.2 Å². The maximum atomic E-state index is 12.7. The molecule has 0 unspecified atom stereocenters. The van der Waals surface area contributed by atoms with Gasteiger partial charge in [-0.05, 0) is 23.8 Å². The third-order valence-electron chi connectivity index (χ3n) is 3.03. The van der Waals surface area contributed by atoms with Crippen LogP contribution < -0.4 is 11.2 Å². The lowest BCUT2D eigenvalue weighted by Crippen LogP contribution is -2.31. The van der Waals surface area contributed by atoms with Gasteiger partial charge in [0.05, 0.1) is 5.69 Å². The SMILES string of the molecule is CC(C)C/C(=C\CCl)C(=O)c1[nH]c(=O)[nH]c(=O)c1C(C)C. The summed E-state index contributed by atoms with van der Waals surface area (Å²) in [5.74, 6) is -0.0464. The van der Waals surface area contributed by atoms with E-state index in [1.807, 2.05) is 13.8 Å². The first kappa shape index (κ1) is 17.4. The van der Waals surface area contributed by atoms with Crippen molar-refractivity contribution in [3.8, 4) is 0 Å². The van der Waals surface area contributed by atoms with Gasteiger partial charge >= 0.3 is 5.69 Å². The van der Waals surface area contributed by atoms with E-state index in [2.05, 4.69) is 9.97 Å². The van der Waals surface area contributed by atoms with Crippen molar-refractivity contribution in [1.29, 1.82) is 0 Å². The van der Waals surface area contributed by atoms with Crippen molar-refractivity contribution >= 4 is 17.4 Å². The van der Waals surface area contributed by atoms with Gasteiger partial charge in [-0.3, -0.25) is 14.6 Å². The zero-order chi connectivity index (χ0) is 16.2. The lowest BCUT2D eigenvalue weighted by Gasteiger charge is -2.13. The normalized spacial score (nSPS) is 12.2. The summed E-state index contributed by atoms with van der Waals surface area (Å²) in [5.41, 5.74) is -0.322. The van der Waals surface area contributed by atoms with E-state index in [1.54, 1.807) is 19.9 Å². The summed E-state index contributed by atoms with van der Waals surface area (Å²) in [4.78, 5) is 40.7. The zero-order valence-corrected chi connectivity index (χ0v) is 13.5. The van der Waals surface area contributed by atoms with Gasteiger partial charge in [-0.25, -0.2) is 4.79 Å². The summed E-state index contributed by atoms with van der Waals surface area (Å²) >= 11 is 5.71. The van der Waals surface area contributed by atoms with Gasteiger partial charge in [0, 0.05) is 11.4 Å². The van der Waals surface area contributed by atoms with Gasteiger partial charge in [0.25, 0.3) is 5.56 Å². The van der Waals surface area contributed by atoms with Crippen LogP contribution in [0.2, 0.25) is 0 Å². The molecule has 0 radical (unpaired) electrons. The van der Waals surface area contributed by atoms with Crippen LogP contribution in [0.15, 0.2) is 21.2 Å². The van der Waals surface area contributed by atoms with Crippen molar-refractivity contribution in [3.05, 3.63) is 43.7 Å². The van der Waals surface area contributed by atoms with Crippen molar-refractivity contribution in [2.75, 3.05) is 5.88 Å². The number of nitrogens with one attached hydrogen (secondary N) is 2.